The Hall–Kier alpha value is -4.05. The van der Waals surface area contributed by atoms with E-state index in [0.29, 0.717) is 33.5 Å². The largest absolute Gasteiger partial charge is 0.497 e. The number of nitrogens with zero attached hydrogens (tertiary/aromatic N) is 3. The summed E-state index contributed by atoms with van der Waals surface area (Å²) >= 11 is 1.30. The molecule has 2 aromatic carbocycles. The number of carbonyl (C=O) groups is 1. The number of hydrogen-bond donors (Lipinski definition) is 2. The molecule has 0 unspecified atom stereocenters. The van der Waals surface area contributed by atoms with Gasteiger partial charge in [0.05, 0.1) is 17.7 Å². The predicted octanol–water partition coefficient (Wildman–Crippen LogP) is 4.68. The number of H-pyrrole nitrogens is 1. The summed E-state index contributed by atoms with van der Waals surface area (Å²) in [6.45, 7) is 1.66. The van der Waals surface area contributed by atoms with Gasteiger partial charge >= 0.3 is 0 Å². The summed E-state index contributed by atoms with van der Waals surface area (Å²) in [6.07, 6.45) is 1.60. The molecule has 0 saturated heterocycles. The molecule has 0 fully saturated rings. The highest BCUT2D eigenvalue weighted by Crippen LogP contribution is 2.30. The van der Waals surface area contributed by atoms with E-state index in [1.165, 1.54) is 17.4 Å². The molecule has 0 atom stereocenters. The van der Waals surface area contributed by atoms with Gasteiger partial charge in [0.15, 0.2) is 10.8 Å². The first-order chi connectivity index (χ1) is 15.0. The average molecular weight is 435 g/mol. The number of thiazole rings is 1. The number of imidazole rings is 1. The fourth-order valence-electron chi connectivity index (χ4n) is 3.09. The highest BCUT2D eigenvalue weighted by Gasteiger charge is 2.21. The van der Waals surface area contributed by atoms with Crippen LogP contribution in [-0.4, -0.2) is 32.9 Å². The van der Waals surface area contributed by atoms with Gasteiger partial charge < -0.3 is 9.72 Å². The Morgan fingerprint density at radius 3 is 2.55 bits per heavy atom. The Balaban J connectivity index is 1.78. The predicted molar refractivity (Wildman–Crippen MR) is 117 cm³/mol. The Kier molecular flexibility index (Phi) is 5.46. The second-order valence-corrected chi connectivity index (χ2v) is 7.48. The second-order valence-electron chi connectivity index (χ2n) is 6.59. The zero-order valence-corrected chi connectivity index (χ0v) is 17.4. The first kappa shape index (κ1) is 20.2. The molecule has 0 radical (unpaired) electrons. The first-order valence-corrected chi connectivity index (χ1v) is 10.0. The molecule has 0 aliphatic rings. The molecule has 156 valence electrons. The summed E-state index contributed by atoms with van der Waals surface area (Å²) in [7, 11) is 1.58. The maximum atomic E-state index is 12.9. The minimum absolute atomic E-state index is 0.0208. The van der Waals surface area contributed by atoms with Gasteiger partial charge in [0.1, 0.15) is 11.6 Å². The van der Waals surface area contributed by atoms with E-state index in [0.717, 1.165) is 5.56 Å². The highest BCUT2D eigenvalue weighted by molar-refractivity contribution is 7.13. The average Bonchev–Trinajstić information content (AvgIpc) is 3.43. The van der Waals surface area contributed by atoms with Gasteiger partial charge in [-0.05, 0) is 43.3 Å². The smallest absolute Gasteiger partial charge is 0.278 e. The summed E-state index contributed by atoms with van der Waals surface area (Å²) < 4.78 is 5.20. The molecule has 4 aromatic rings. The van der Waals surface area contributed by atoms with E-state index in [2.05, 4.69) is 20.3 Å². The standard InChI is InChI=1S/C21H17N5O4S/c1-12-11-14(5-8-16(12)26(28)29)19-23-17(13-3-6-15(30-2)7-4-13)18(24-19)20(27)25-21-22-9-10-31-21/h3-11H,1-2H3,(H,23,24)(H,22,25,27). The number of amides is 1. The van der Waals surface area contributed by atoms with E-state index in [1.807, 2.05) is 12.1 Å². The van der Waals surface area contributed by atoms with Crippen molar-refractivity contribution in [2.75, 3.05) is 12.4 Å². The van der Waals surface area contributed by atoms with Gasteiger partial charge in [0, 0.05) is 34.3 Å². The molecule has 9 nitrogen and oxygen atoms in total. The third-order valence-electron chi connectivity index (χ3n) is 4.62. The maximum absolute atomic E-state index is 12.9. The number of nitro groups is 1. The monoisotopic (exact) mass is 435 g/mol. The van der Waals surface area contributed by atoms with Crippen LogP contribution in [0, 0.1) is 17.0 Å². The summed E-state index contributed by atoms with van der Waals surface area (Å²) in [5.74, 6) is 0.693. The molecule has 2 aromatic heterocycles. The summed E-state index contributed by atoms with van der Waals surface area (Å²) in [4.78, 5) is 35.4. The van der Waals surface area contributed by atoms with Crippen LogP contribution in [0.25, 0.3) is 22.6 Å². The van der Waals surface area contributed by atoms with E-state index in [-0.39, 0.29) is 11.4 Å². The van der Waals surface area contributed by atoms with Crippen molar-refractivity contribution in [3.8, 4) is 28.4 Å². The molecular formula is C21H17N5O4S. The van der Waals surface area contributed by atoms with Crippen LogP contribution in [-0.2, 0) is 0 Å². The fourth-order valence-corrected chi connectivity index (χ4v) is 3.61. The molecule has 2 N–H and O–H groups in total. The highest BCUT2D eigenvalue weighted by atomic mass is 32.1. The number of hydrogen-bond acceptors (Lipinski definition) is 7. The van der Waals surface area contributed by atoms with Crippen molar-refractivity contribution in [1.82, 2.24) is 15.0 Å². The number of methoxy groups -OCH3 is 1. The van der Waals surface area contributed by atoms with Crippen LogP contribution in [0.2, 0.25) is 0 Å². The third kappa shape index (κ3) is 4.14. The molecule has 1 amide bonds. The molecule has 31 heavy (non-hydrogen) atoms. The van der Waals surface area contributed by atoms with Crippen molar-refractivity contribution >= 4 is 28.1 Å². The number of nitro benzene ring substituents is 1. The third-order valence-corrected chi connectivity index (χ3v) is 5.31. The molecule has 0 saturated carbocycles. The molecule has 10 heteroatoms. The Labute approximate surface area is 180 Å². The number of anilines is 1. The number of rotatable bonds is 6. The molecule has 0 spiro atoms. The number of aromatic amines is 1. The van der Waals surface area contributed by atoms with Gasteiger partial charge in [-0.2, -0.15) is 0 Å². The van der Waals surface area contributed by atoms with E-state index in [1.54, 1.807) is 49.9 Å². The van der Waals surface area contributed by atoms with E-state index < -0.39 is 10.8 Å². The summed E-state index contributed by atoms with van der Waals surface area (Å²) in [5, 5.41) is 16.1. The van der Waals surface area contributed by atoms with Crippen LogP contribution in [0.3, 0.4) is 0 Å². The van der Waals surface area contributed by atoms with Crippen molar-refractivity contribution in [3.63, 3.8) is 0 Å². The number of aryl methyl sites for hydroxylation is 1. The minimum atomic E-state index is -0.434. The van der Waals surface area contributed by atoms with Crippen molar-refractivity contribution in [2.24, 2.45) is 0 Å². The van der Waals surface area contributed by atoms with Crippen LogP contribution < -0.4 is 10.1 Å². The van der Waals surface area contributed by atoms with Gasteiger partial charge in [0.2, 0.25) is 0 Å². The van der Waals surface area contributed by atoms with Crippen LogP contribution in [0.15, 0.2) is 54.0 Å². The maximum Gasteiger partial charge on any atom is 0.278 e. The van der Waals surface area contributed by atoms with Gasteiger partial charge in [0.25, 0.3) is 11.6 Å². The quantitative estimate of drug-likeness (QED) is 0.335. The number of aromatic nitrogens is 3. The van der Waals surface area contributed by atoms with Crippen molar-refractivity contribution < 1.29 is 14.5 Å². The van der Waals surface area contributed by atoms with E-state index in [9.17, 15) is 14.9 Å². The van der Waals surface area contributed by atoms with Crippen LogP contribution in [0.1, 0.15) is 16.1 Å². The summed E-state index contributed by atoms with van der Waals surface area (Å²) in [6, 6.07) is 11.9. The molecule has 0 bridgehead atoms. The Bertz CT molecular complexity index is 1250. The molecule has 0 aliphatic heterocycles. The second kappa shape index (κ2) is 8.36. The normalized spacial score (nSPS) is 10.6. The van der Waals surface area contributed by atoms with Gasteiger partial charge in [-0.15, -0.1) is 11.3 Å². The van der Waals surface area contributed by atoms with E-state index >= 15 is 0 Å². The zero-order chi connectivity index (χ0) is 22.0. The van der Waals surface area contributed by atoms with E-state index in [4.69, 9.17) is 4.74 Å². The molecule has 2 heterocycles. The topological polar surface area (TPSA) is 123 Å². The van der Waals surface area contributed by atoms with Crippen molar-refractivity contribution in [1.29, 1.82) is 0 Å². The number of benzene rings is 2. The molecular weight excluding hydrogens is 418 g/mol. The van der Waals surface area contributed by atoms with Crippen molar-refractivity contribution in [3.05, 3.63) is 75.4 Å². The minimum Gasteiger partial charge on any atom is -0.497 e. The zero-order valence-electron chi connectivity index (χ0n) is 16.6. The lowest BCUT2D eigenvalue weighted by atomic mass is 10.1. The van der Waals surface area contributed by atoms with Gasteiger partial charge in [-0.1, -0.05) is 0 Å². The van der Waals surface area contributed by atoms with Gasteiger partial charge in [-0.25, -0.2) is 9.97 Å². The lowest BCUT2D eigenvalue weighted by Gasteiger charge is -2.04. The fraction of sp³-hybridized carbons (Fsp3) is 0.0952. The Morgan fingerprint density at radius 2 is 1.94 bits per heavy atom. The number of nitrogens with one attached hydrogen (secondary N) is 2. The number of carbonyl (C=O) groups excluding carboxylic acids is 1. The SMILES string of the molecule is COc1ccc(-c2[nH]c(-c3ccc([N+](=O)[O-])c(C)c3)nc2C(=O)Nc2nccs2)cc1. The first-order valence-electron chi connectivity index (χ1n) is 9.17. The lowest BCUT2D eigenvalue weighted by molar-refractivity contribution is -0.385. The number of ether oxygens (including phenoxy) is 1. The van der Waals surface area contributed by atoms with Gasteiger partial charge in [-0.3, -0.25) is 20.2 Å². The van der Waals surface area contributed by atoms with Crippen molar-refractivity contribution in [2.45, 2.75) is 6.92 Å². The van der Waals surface area contributed by atoms with Crippen LogP contribution >= 0.6 is 11.3 Å². The lowest BCUT2D eigenvalue weighted by Crippen LogP contribution is -2.13. The Morgan fingerprint density at radius 1 is 1.19 bits per heavy atom. The van der Waals surface area contributed by atoms with Crippen LogP contribution in [0.5, 0.6) is 5.75 Å². The van der Waals surface area contributed by atoms with Crippen LogP contribution in [0.4, 0.5) is 10.8 Å². The summed E-state index contributed by atoms with van der Waals surface area (Å²) in [5.41, 5.74) is 2.59. The molecule has 4 rings (SSSR count). The molecule has 0 aliphatic carbocycles.